The van der Waals surface area contributed by atoms with Gasteiger partial charge in [-0.05, 0) is 38.2 Å². The molecule has 3 heteroatoms. The molecule has 19 heavy (non-hydrogen) atoms. The molecule has 0 aliphatic heterocycles. The normalized spacial score (nSPS) is 37.1. The van der Waals surface area contributed by atoms with Crippen molar-refractivity contribution in [2.45, 2.75) is 25.9 Å². The Bertz CT molecular complexity index is 531. The summed E-state index contributed by atoms with van der Waals surface area (Å²) in [6.45, 7) is 3.28. The molecule has 1 N–H and O–H groups in total. The lowest BCUT2D eigenvalue weighted by molar-refractivity contribution is -0.129. The maximum absolute atomic E-state index is 12.5. The first-order valence-electron chi connectivity index (χ1n) is 6.76. The number of Topliss-reactive ketones (excluding diaryl/α,β-unsaturated/α-hetero) is 1. The summed E-state index contributed by atoms with van der Waals surface area (Å²) in [4.78, 5) is 24.7. The highest BCUT2D eigenvalue weighted by Gasteiger charge is 2.52. The Hall–Kier alpha value is -1.48. The van der Waals surface area contributed by atoms with Crippen LogP contribution in [-0.2, 0) is 9.59 Å². The second-order valence-corrected chi connectivity index (χ2v) is 6.35. The summed E-state index contributed by atoms with van der Waals surface area (Å²) < 4.78 is 0. The zero-order valence-electron chi connectivity index (χ0n) is 11.2. The Morgan fingerprint density at radius 1 is 1.21 bits per heavy atom. The van der Waals surface area contributed by atoms with E-state index in [1.165, 1.54) is 6.08 Å². The molecule has 0 aromatic rings. The van der Waals surface area contributed by atoms with Crippen molar-refractivity contribution in [2.24, 2.45) is 23.7 Å². The Labute approximate surface area is 112 Å². The first kappa shape index (κ1) is 12.5. The van der Waals surface area contributed by atoms with Crippen molar-refractivity contribution in [3.63, 3.8) is 0 Å². The van der Waals surface area contributed by atoms with Crippen molar-refractivity contribution in [3.8, 4) is 0 Å². The number of carbonyl (C=O) groups is 2. The fraction of sp³-hybridized carbons (Fsp3) is 0.500. The van der Waals surface area contributed by atoms with Gasteiger partial charge in [0.05, 0.1) is 5.60 Å². The summed E-state index contributed by atoms with van der Waals surface area (Å²) in [5.74, 6) is 0.294. The van der Waals surface area contributed by atoms with Crippen LogP contribution in [0.2, 0.25) is 0 Å². The minimum Gasteiger partial charge on any atom is -0.386 e. The summed E-state index contributed by atoms with van der Waals surface area (Å²) in [6.07, 6.45) is 9.71. The molecule has 0 saturated heterocycles. The molecule has 3 rings (SSSR count). The summed E-state index contributed by atoms with van der Waals surface area (Å²) in [7, 11) is 0. The molecule has 0 spiro atoms. The molecule has 2 bridgehead atoms. The number of rotatable bonds is 2. The molecule has 4 atom stereocenters. The van der Waals surface area contributed by atoms with Crippen LogP contribution in [0, 0.1) is 23.7 Å². The third-order valence-electron chi connectivity index (χ3n) is 4.34. The first-order chi connectivity index (χ1) is 8.87. The molecule has 0 unspecified atom stereocenters. The highest BCUT2D eigenvalue weighted by atomic mass is 16.3. The molecular formula is C16H18O3. The number of ketones is 2. The van der Waals surface area contributed by atoms with Gasteiger partial charge in [0, 0.05) is 17.4 Å². The number of hydrogen-bond donors (Lipinski definition) is 1. The van der Waals surface area contributed by atoms with Gasteiger partial charge in [-0.2, -0.15) is 0 Å². The quantitative estimate of drug-likeness (QED) is 0.769. The van der Waals surface area contributed by atoms with Gasteiger partial charge in [0.15, 0.2) is 11.6 Å². The molecular weight excluding hydrogens is 240 g/mol. The highest BCUT2D eigenvalue weighted by Crippen LogP contribution is 2.51. The van der Waals surface area contributed by atoms with Gasteiger partial charge >= 0.3 is 0 Å². The Morgan fingerprint density at radius 2 is 1.84 bits per heavy atom. The van der Waals surface area contributed by atoms with Gasteiger partial charge < -0.3 is 5.11 Å². The number of fused-ring (bicyclic) bond motifs is 5. The molecule has 1 fully saturated rings. The predicted molar refractivity (Wildman–Crippen MR) is 71.3 cm³/mol. The van der Waals surface area contributed by atoms with E-state index in [1.54, 1.807) is 26.0 Å². The van der Waals surface area contributed by atoms with Gasteiger partial charge in [-0.3, -0.25) is 9.59 Å². The van der Waals surface area contributed by atoms with E-state index in [4.69, 9.17) is 0 Å². The van der Waals surface area contributed by atoms with Crippen molar-refractivity contribution < 1.29 is 14.7 Å². The maximum Gasteiger partial charge on any atom is 0.167 e. The molecule has 1 saturated carbocycles. The van der Waals surface area contributed by atoms with Gasteiger partial charge in [-0.15, -0.1) is 0 Å². The van der Waals surface area contributed by atoms with Crippen LogP contribution in [0.5, 0.6) is 0 Å². The van der Waals surface area contributed by atoms with E-state index in [-0.39, 0.29) is 35.2 Å². The lowest BCUT2D eigenvalue weighted by Crippen LogP contribution is -2.37. The number of hydrogen-bond acceptors (Lipinski definition) is 3. The molecule has 3 nitrogen and oxygen atoms in total. The molecule has 0 radical (unpaired) electrons. The van der Waals surface area contributed by atoms with E-state index >= 15 is 0 Å². The van der Waals surface area contributed by atoms with E-state index in [0.717, 1.165) is 6.42 Å². The number of aliphatic hydroxyl groups is 1. The molecule has 3 aliphatic rings. The summed E-state index contributed by atoms with van der Waals surface area (Å²) in [6, 6.07) is 0. The van der Waals surface area contributed by atoms with Gasteiger partial charge in [0.25, 0.3) is 0 Å². The minimum atomic E-state index is -0.977. The smallest absolute Gasteiger partial charge is 0.167 e. The van der Waals surface area contributed by atoms with E-state index in [1.807, 2.05) is 0 Å². The van der Waals surface area contributed by atoms with Crippen molar-refractivity contribution in [1.29, 1.82) is 0 Å². The fourth-order valence-electron chi connectivity index (χ4n) is 3.50. The predicted octanol–water partition coefficient (Wildman–Crippen LogP) is 1.83. The zero-order chi connectivity index (χ0) is 13.8. The van der Waals surface area contributed by atoms with Crippen molar-refractivity contribution in [1.82, 2.24) is 0 Å². The fourth-order valence-corrected chi connectivity index (χ4v) is 3.50. The summed E-state index contributed by atoms with van der Waals surface area (Å²) in [5, 5.41) is 9.67. The monoisotopic (exact) mass is 258 g/mol. The number of carbonyl (C=O) groups excluding carboxylic acids is 2. The largest absolute Gasteiger partial charge is 0.386 e. The van der Waals surface area contributed by atoms with Crippen LogP contribution in [0.25, 0.3) is 0 Å². The van der Waals surface area contributed by atoms with Crippen LogP contribution in [0.1, 0.15) is 20.3 Å². The highest BCUT2D eigenvalue weighted by molar-refractivity contribution is 6.13. The van der Waals surface area contributed by atoms with Crippen molar-refractivity contribution in [3.05, 3.63) is 36.0 Å². The minimum absolute atomic E-state index is 0.0574. The van der Waals surface area contributed by atoms with Crippen LogP contribution in [0.3, 0.4) is 0 Å². The topological polar surface area (TPSA) is 54.4 Å². The number of allylic oxidation sites excluding steroid dienone is 5. The van der Waals surface area contributed by atoms with E-state index in [2.05, 4.69) is 12.2 Å². The van der Waals surface area contributed by atoms with Crippen molar-refractivity contribution in [2.75, 3.05) is 0 Å². The standard InChI is InChI=1S/C16H18O3/c1-16(2,19)6-5-11-8-12(17)13-9-3-4-10(7-9)14(13)15(11)18/h3-6,8-10,13-14,19H,7H2,1-2H3/b6-5+/t9-,10+,13+,14+/m1/s1. The molecule has 0 aromatic carbocycles. The van der Waals surface area contributed by atoms with Crippen LogP contribution < -0.4 is 0 Å². The molecule has 3 aliphatic carbocycles. The van der Waals surface area contributed by atoms with E-state index in [0.29, 0.717) is 5.57 Å². The maximum atomic E-state index is 12.5. The Balaban J connectivity index is 1.91. The Kier molecular flexibility index (Phi) is 2.65. The summed E-state index contributed by atoms with van der Waals surface area (Å²) >= 11 is 0. The lowest BCUT2D eigenvalue weighted by Gasteiger charge is -2.29. The second kappa shape index (κ2) is 4.01. The van der Waals surface area contributed by atoms with Gasteiger partial charge in [-0.1, -0.05) is 24.3 Å². The van der Waals surface area contributed by atoms with Gasteiger partial charge in [0.1, 0.15) is 0 Å². The van der Waals surface area contributed by atoms with Gasteiger partial charge in [0.2, 0.25) is 0 Å². The second-order valence-electron chi connectivity index (χ2n) is 6.35. The third-order valence-corrected chi connectivity index (χ3v) is 4.34. The zero-order valence-corrected chi connectivity index (χ0v) is 11.2. The Morgan fingerprint density at radius 3 is 2.47 bits per heavy atom. The molecule has 0 aromatic heterocycles. The van der Waals surface area contributed by atoms with Crippen LogP contribution in [-0.4, -0.2) is 22.3 Å². The van der Waals surface area contributed by atoms with Gasteiger partial charge in [-0.25, -0.2) is 0 Å². The molecule has 0 heterocycles. The third kappa shape index (κ3) is 2.02. The van der Waals surface area contributed by atoms with E-state index in [9.17, 15) is 14.7 Å². The van der Waals surface area contributed by atoms with Crippen LogP contribution in [0.15, 0.2) is 36.0 Å². The van der Waals surface area contributed by atoms with Crippen molar-refractivity contribution >= 4 is 11.6 Å². The summed E-state index contributed by atoms with van der Waals surface area (Å²) in [5.41, 5.74) is -0.537. The molecule has 0 amide bonds. The first-order valence-corrected chi connectivity index (χ1v) is 6.76. The SMILES string of the molecule is CC(C)(O)/C=C/C1=CC(=O)[C@H]2[C@@H](C1=O)[C@H]1C=C[C@@H]2C1. The van der Waals surface area contributed by atoms with E-state index < -0.39 is 5.60 Å². The lowest BCUT2D eigenvalue weighted by atomic mass is 9.72. The molecule has 100 valence electrons. The van der Waals surface area contributed by atoms with Crippen LogP contribution >= 0.6 is 0 Å². The average molecular weight is 258 g/mol. The average Bonchev–Trinajstić information content (AvgIpc) is 2.91. The van der Waals surface area contributed by atoms with Crippen LogP contribution in [0.4, 0.5) is 0 Å².